The molecule has 0 aliphatic heterocycles. The summed E-state index contributed by atoms with van der Waals surface area (Å²) in [5.74, 6) is 0.419. The molecule has 0 bridgehead atoms. The number of hydrogen-bond acceptors (Lipinski definition) is 2. The lowest BCUT2D eigenvalue weighted by Crippen LogP contribution is -2.11. The lowest BCUT2D eigenvalue weighted by molar-refractivity contribution is 0.474. The lowest BCUT2D eigenvalue weighted by Gasteiger charge is -2.17. The van der Waals surface area contributed by atoms with Crippen molar-refractivity contribution in [1.29, 1.82) is 0 Å². The molecule has 0 aliphatic rings. The van der Waals surface area contributed by atoms with Crippen molar-refractivity contribution in [2.75, 3.05) is 6.54 Å². The van der Waals surface area contributed by atoms with Gasteiger partial charge in [0, 0.05) is 0 Å². The molecule has 1 aromatic carbocycles. The highest BCUT2D eigenvalue weighted by Crippen LogP contribution is 2.34. The first-order valence-corrected chi connectivity index (χ1v) is 5.05. The Morgan fingerprint density at radius 2 is 2.07 bits per heavy atom. The molecule has 78 valence electrons. The zero-order valence-corrected chi connectivity index (χ0v) is 9.52. The minimum absolute atomic E-state index is 0.148. The molecule has 2 nitrogen and oxygen atoms in total. The van der Waals surface area contributed by atoms with Gasteiger partial charge in [0.05, 0.1) is 5.02 Å². The predicted molar refractivity (Wildman–Crippen MR) is 60.1 cm³/mol. The third kappa shape index (κ3) is 1.86. The zero-order chi connectivity index (χ0) is 10.9. The van der Waals surface area contributed by atoms with E-state index in [2.05, 4.69) is 6.92 Å². The molecule has 3 N–H and O–H groups in total. The molecule has 0 heterocycles. The van der Waals surface area contributed by atoms with Gasteiger partial charge in [0.15, 0.2) is 0 Å². The topological polar surface area (TPSA) is 46.2 Å². The number of nitrogens with two attached hydrogens (primary N) is 1. The molecule has 0 saturated heterocycles. The molecule has 1 atom stereocenters. The van der Waals surface area contributed by atoms with Gasteiger partial charge in [0.2, 0.25) is 0 Å². The lowest BCUT2D eigenvalue weighted by atomic mass is 9.92. The zero-order valence-electron chi connectivity index (χ0n) is 8.76. The van der Waals surface area contributed by atoms with Crippen LogP contribution >= 0.6 is 11.6 Å². The van der Waals surface area contributed by atoms with E-state index < -0.39 is 0 Å². The molecule has 0 saturated carbocycles. The summed E-state index contributed by atoms with van der Waals surface area (Å²) in [6, 6.07) is 1.69. The smallest absolute Gasteiger partial charge is 0.134 e. The molecule has 1 unspecified atom stereocenters. The van der Waals surface area contributed by atoms with Crippen molar-refractivity contribution in [3.05, 3.63) is 27.8 Å². The van der Waals surface area contributed by atoms with Crippen LogP contribution in [0.2, 0.25) is 5.02 Å². The van der Waals surface area contributed by atoms with Gasteiger partial charge in [-0.2, -0.15) is 0 Å². The molecular formula is C11H16ClNO. The monoisotopic (exact) mass is 213 g/mol. The van der Waals surface area contributed by atoms with E-state index in [1.165, 1.54) is 0 Å². The van der Waals surface area contributed by atoms with Crippen molar-refractivity contribution in [3.63, 3.8) is 0 Å². The van der Waals surface area contributed by atoms with E-state index in [1.54, 1.807) is 6.07 Å². The van der Waals surface area contributed by atoms with Crippen LogP contribution in [0.25, 0.3) is 0 Å². The van der Waals surface area contributed by atoms with Gasteiger partial charge >= 0.3 is 0 Å². The Bertz CT molecular complexity index is 350. The van der Waals surface area contributed by atoms with E-state index in [1.807, 2.05) is 13.8 Å². The number of hydrogen-bond donors (Lipinski definition) is 2. The van der Waals surface area contributed by atoms with Crippen LogP contribution in [0.4, 0.5) is 0 Å². The highest BCUT2D eigenvalue weighted by Gasteiger charge is 2.15. The number of halogens is 1. The maximum Gasteiger partial charge on any atom is 0.134 e. The summed E-state index contributed by atoms with van der Waals surface area (Å²) < 4.78 is 0. The average molecular weight is 214 g/mol. The number of rotatable bonds is 2. The first kappa shape index (κ1) is 11.3. The van der Waals surface area contributed by atoms with Gasteiger partial charge in [0.25, 0.3) is 0 Å². The van der Waals surface area contributed by atoms with Gasteiger partial charge in [-0.3, -0.25) is 0 Å². The van der Waals surface area contributed by atoms with Gasteiger partial charge in [-0.05, 0) is 49.1 Å². The molecule has 0 radical (unpaired) electrons. The van der Waals surface area contributed by atoms with Crippen LogP contribution in [0, 0.1) is 13.8 Å². The molecule has 0 aliphatic carbocycles. The first-order valence-electron chi connectivity index (χ1n) is 4.67. The van der Waals surface area contributed by atoms with Crippen molar-refractivity contribution >= 4 is 11.6 Å². The minimum Gasteiger partial charge on any atom is -0.506 e. The molecule has 0 fully saturated rings. The molecule has 0 aromatic heterocycles. The fraction of sp³-hybridized carbons (Fsp3) is 0.455. The fourth-order valence-electron chi connectivity index (χ4n) is 1.83. The van der Waals surface area contributed by atoms with E-state index in [0.717, 1.165) is 16.7 Å². The van der Waals surface area contributed by atoms with Gasteiger partial charge in [-0.25, -0.2) is 0 Å². The van der Waals surface area contributed by atoms with Crippen LogP contribution in [0.15, 0.2) is 6.07 Å². The molecule has 1 rings (SSSR count). The predicted octanol–water partition coefficient (Wildman–Crippen LogP) is 2.72. The maximum absolute atomic E-state index is 9.50. The Hall–Kier alpha value is -0.730. The Balaban J connectivity index is 3.36. The highest BCUT2D eigenvalue weighted by molar-refractivity contribution is 6.32. The summed E-state index contributed by atoms with van der Waals surface area (Å²) in [6.07, 6.45) is 0. The molecule has 14 heavy (non-hydrogen) atoms. The molecule has 1 aromatic rings. The fourth-order valence-corrected chi connectivity index (χ4v) is 1.98. The van der Waals surface area contributed by atoms with Crippen LogP contribution in [-0.2, 0) is 0 Å². The van der Waals surface area contributed by atoms with Crippen molar-refractivity contribution in [2.45, 2.75) is 26.7 Å². The van der Waals surface area contributed by atoms with Crippen molar-refractivity contribution in [2.24, 2.45) is 5.73 Å². The van der Waals surface area contributed by atoms with E-state index >= 15 is 0 Å². The highest BCUT2D eigenvalue weighted by atomic mass is 35.5. The number of phenolic OH excluding ortho intramolecular Hbond substituents is 1. The van der Waals surface area contributed by atoms with Crippen LogP contribution in [0.1, 0.15) is 29.5 Å². The summed E-state index contributed by atoms with van der Waals surface area (Å²) in [7, 11) is 0. The minimum atomic E-state index is 0.148. The Labute approximate surface area is 89.7 Å². The second kappa shape index (κ2) is 4.20. The quantitative estimate of drug-likeness (QED) is 0.794. The Kier molecular flexibility index (Phi) is 3.40. The van der Waals surface area contributed by atoms with Crippen molar-refractivity contribution in [3.8, 4) is 5.75 Å². The van der Waals surface area contributed by atoms with E-state index in [-0.39, 0.29) is 11.7 Å². The largest absolute Gasteiger partial charge is 0.506 e. The normalized spacial score (nSPS) is 12.9. The van der Waals surface area contributed by atoms with Crippen molar-refractivity contribution < 1.29 is 5.11 Å². The van der Waals surface area contributed by atoms with Crippen LogP contribution < -0.4 is 5.73 Å². The summed E-state index contributed by atoms with van der Waals surface area (Å²) in [6.45, 7) is 6.52. The third-order valence-corrected chi connectivity index (χ3v) is 3.06. The number of benzene rings is 1. The summed E-state index contributed by atoms with van der Waals surface area (Å²) >= 11 is 5.97. The van der Waals surface area contributed by atoms with Gasteiger partial charge in [-0.15, -0.1) is 0 Å². The maximum atomic E-state index is 9.50. The average Bonchev–Trinajstić information content (AvgIpc) is 2.14. The summed E-state index contributed by atoms with van der Waals surface area (Å²) in [4.78, 5) is 0. The van der Waals surface area contributed by atoms with Gasteiger partial charge in [0.1, 0.15) is 5.75 Å². The number of phenols is 1. The Morgan fingerprint density at radius 1 is 1.50 bits per heavy atom. The second-order valence-electron chi connectivity index (χ2n) is 3.70. The Morgan fingerprint density at radius 3 is 2.57 bits per heavy atom. The summed E-state index contributed by atoms with van der Waals surface area (Å²) in [5.41, 5.74) is 8.75. The molecule has 0 spiro atoms. The molecule has 3 heteroatoms. The van der Waals surface area contributed by atoms with Crippen LogP contribution in [0.3, 0.4) is 0 Å². The van der Waals surface area contributed by atoms with Gasteiger partial charge in [-0.1, -0.05) is 18.5 Å². The summed E-state index contributed by atoms with van der Waals surface area (Å²) in [5, 5.41) is 9.93. The van der Waals surface area contributed by atoms with Crippen LogP contribution in [0.5, 0.6) is 5.75 Å². The van der Waals surface area contributed by atoms with Crippen LogP contribution in [-0.4, -0.2) is 11.7 Å². The second-order valence-corrected chi connectivity index (χ2v) is 4.08. The third-order valence-electron chi connectivity index (χ3n) is 2.58. The number of aromatic hydroxyl groups is 1. The number of aryl methyl sites for hydroxylation is 1. The van der Waals surface area contributed by atoms with E-state index in [4.69, 9.17) is 17.3 Å². The first-order chi connectivity index (χ1) is 6.49. The van der Waals surface area contributed by atoms with Crippen molar-refractivity contribution in [1.82, 2.24) is 0 Å². The van der Waals surface area contributed by atoms with E-state index in [9.17, 15) is 5.11 Å². The standard InChI is InChI=1S/C11H16ClNO/c1-6-4-9(14)11(12)8(3)10(6)7(2)5-13/h4,7,14H,5,13H2,1-3H3. The molecule has 0 amide bonds. The van der Waals surface area contributed by atoms with Gasteiger partial charge < -0.3 is 10.8 Å². The van der Waals surface area contributed by atoms with E-state index in [0.29, 0.717) is 11.6 Å². The molecular weight excluding hydrogens is 198 g/mol. The SMILES string of the molecule is Cc1cc(O)c(Cl)c(C)c1C(C)CN.